The summed E-state index contributed by atoms with van der Waals surface area (Å²) in [5.41, 5.74) is 2.75. The molecule has 2 aromatic rings. The van der Waals surface area contributed by atoms with E-state index in [1.165, 1.54) is 0 Å². The van der Waals surface area contributed by atoms with Crippen LogP contribution in [0.25, 0.3) is 0 Å². The average molecular weight is 388 g/mol. The number of nitrogens with zero attached hydrogens (tertiary/aromatic N) is 1. The second-order valence-corrected chi connectivity index (χ2v) is 7.75. The molecule has 0 aliphatic carbocycles. The molecule has 2 aromatic carbocycles. The van der Waals surface area contributed by atoms with Crippen molar-refractivity contribution in [3.05, 3.63) is 59.1 Å². The van der Waals surface area contributed by atoms with Crippen LogP contribution in [0.15, 0.2) is 48.5 Å². The Morgan fingerprint density at radius 2 is 1.78 bits per heavy atom. The molecule has 0 radical (unpaired) electrons. The number of anilines is 2. The number of amides is 2. The van der Waals surface area contributed by atoms with Crippen molar-refractivity contribution in [1.82, 2.24) is 5.32 Å². The van der Waals surface area contributed by atoms with Gasteiger partial charge in [-0.2, -0.15) is 0 Å². The summed E-state index contributed by atoms with van der Waals surface area (Å²) in [6, 6.07) is 15.4. The molecule has 1 aliphatic rings. The monoisotopic (exact) mass is 387 g/mol. The molecule has 144 valence electrons. The van der Waals surface area contributed by atoms with Gasteiger partial charge in [-0.05, 0) is 29.8 Å². The minimum absolute atomic E-state index is 0.203. The van der Waals surface area contributed by atoms with Gasteiger partial charge in [-0.1, -0.05) is 49.7 Å². The number of carbonyl (C=O) groups is 1. The smallest absolute Gasteiger partial charge is 0.319 e. The lowest BCUT2D eigenvalue weighted by atomic mass is 9.85. The van der Waals surface area contributed by atoms with Crippen LogP contribution in [0, 0.1) is 0 Å². The Morgan fingerprint density at radius 1 is 1.11 bits per heavy atom. The normalized spacial score (nSPS) is 14.7. The molecule has 0 atom stereocenters. The van der Waals surface area contributed by atoms with Crippen molar-refractivity contribution in [2.45, 2.75) is 19.3 Å². The number of rotatable bonds is 5. The molecular weight excluding hydrogens is 362 g/mol. The number of ether oxygens (including phenoxy) is 1. The topological polar surface area (TPSA) is 53.6 Å². The molecule has 2 N–H and O–H groups in total. The van der Waals surface area contributed by atoms with E-state index in [2.05, 4.69) is 29.4 Å². The predicted molar refractivity (Wildman–Crippen MR) is 111 cm³/mol. The summed E-state index contributed by atoms with van der Waals surface area (Å²) in [6.07, 6.45) is 0. The van der Waals surface area contributed by atoms with E-state index in [1.54, 1.807) is 0 Å². The van der Waals surface area contributed by atoms with Crippen molar-refractivity contribution in [2.75, 3.05) is 43.1 Å². The molecular formula is C21H26ClN3O2. The molecule has 0 spiro atoms. The zero-order valence-electron chi connectivity index (χ0n) is 15.8. The fraction of sp³-hybridized carbons (Fsp3) is 0.381. The average Bonchev–Trinajstić information content (AvgIpc) is 2.68. The van der Waals surface area contributed by atoms with E-state index in [0.717, 1.165) is 30.0 Å². The summed E-state index contributed by atoms with van der Waals surface area (Å²) < 4.78 is 5.42. The van der Waals surface area contributed by atoms with Gasteiger partial charge in [-0.3, -0.25) is 0 Å². The first-order valence-electron chi connectivity index (χ1n) is 9.18. The van der Waals surface area contributed by atoms with Crippen LogP contribution in [0.5, 0.6) is 0 Å². The fourth-order valence-electron chi connectivity index (χ4n) is 3.13. The maximum atomic E-state index is 12.5. The highest BCUT2D eigenvalue weighted by molar-refractivity contribution is 6.30. The Kier molecular flexibility index (Phi) is 6.24. The van der Waals surface area contributed by atoms with Gasteiger partial charge >= 0.3 is 6.03 Å². The van der Waals surface area contributed by atoms with E-state index in [1.807, 2.05) is 48.5 Å². The van der Waals surface area contributed by atoms with Crippen molar-refractivity contribution < 1.29 is 9.53 Å². The minimum Gasteiger partial charge on any atom is -0.378 e. The van der Waals surface area contributed by atoms with Gasteiger partial charge in [0.25, 0.3) is 0 Å². The van der Waals surface area contributed by atoms with Crippen molar-refractivity contribution in [3.63, 3.8) is 0 Å². The molecule has 2 amide bonds. The van der Waals surface area contributed by atoms with Crippen LogP contribution in [0.3, 0.4) is 0 Å². The van der Waals surface area contributed by atoms with Crippen LogP contribution in [0.4, 0.5) is 16.2 Å². The number of benzene rings is 2. The standard InChI is InChI=1S/C21H26ClN3O2/c1-21(2,16-7-9-17(22)10-8-16)15-23-20(26)24-18-5-3-4-6-19(18)25-11-13-27-14-12-25/h3-10H,11-15H2,1-2H3,(H2,23,24,26). The number of halogens is 1. The van der Waals surface area contributed by atoms with Crippen molar-refractivity contribution >= 4 is 29.0 Å². The second-order valence-electron chi connectivity index (χ2n) is 7.32. The largest absolute Gasteiger partial charge is 0.378 e. The molecule has 1 saturated heterocycles. The van der Waals surface area contributed by atoms with Gasteiger partial charge in [-0.15, -0.1) is 0 Å². The molecule has 0 aromatic heterocycles. The first-order valence-corrected chi connectivity index (χ1v) is 9.56. The maximum absolute atomic E-state index is 12.5. The highest BCUT2D eigenvalue weighted by atomic mass is 35.5. The van der Waals surface area contributed by atoms with E-state index in [9.17, 15) is 4.79 Å². The zero-order valence-corrected chi connectivity index (χ0v) is 16.6. The summed E-state index contributed by atoms with van der Waals surface area (Å²) in [4.78, 5) is 14.7. The third-order valence-electron chi connectivity index (χ3n) is 4.82. The molecule has 1 aliphatic heterocycles. The number of morpholine rings is 1. The molecule has 0 unspecified atom stereocenters. The van der Waals surface area contributed by atoms with E-state index in [4.69, 9.17) is 16.3 Å². The van der Waals surface area contributed by atoms with Gasteiger partial charge < -0.3 is 20.3 Å². The molecule has 1 fully saturated rings. The maximum Gasteiger partial charge on any atom is 0.319 e. The van der Waals surface area contributed by atoms with Crippen molar-refractivity contribution in [1.29, 1.82) is 0 Å². The van der Waals surface area contributed by atoms with Crippen LogP contribution < -0.4 is 15.5 Å². The first-order chi connectivity index (χ1) is 13.0. The molecule has 0 bridgehead atoms. The molecule has 6 heteroatoms. The number of hydrogen-bond donors (Lipinski definition) is 2. The fourth-order valence-corrected chi connectivity index (χ4v) is 3.26. The second kappa shape index (κ2) is 8.63. The SMILES string of the molecule is CC(C)(CNC(=O)Nc1ccccc1N1CCOCC1)c1ccc(Cl)cc1. The van der Waals surface area contributed by atoms with Crippen LogP contribution in [-0.2, 0) is 10.2 Å². The minimum atomic E-state index is -0.210. The van der Waals surface area contributed by atoms with Crippen molar-refractivity contribution in [2.24, 2.45) is 0 Å². The Labute approximate surface area is 165 Å². The van der Waals surface area contributed by atoms with Gasteiger partial charge in [0.05, 0.1) is 24.6 Å². The summed E-state index contributed by atoms with van der Waals surface area (Å²) in [5.74, 6) is 0. The van der Waals surface area contributed by atoms with Crippen LogP contribution in [0.2, 0.25) is 5.02 Å². The molecule has 5 nitrogen and oxygen atoms in total. The Morgan fingerprint density at radius 3 is 2.48 bits per heavy atom. The van der Waals surface area contributed by atoms with Gasteiger partial charge in [0.1, 0.15) is 0 Å². The lowest BCUT2D eigenvalue weighted by Gasteiger charge is -2.30. The summed E-state index contributed by atoms with van der Waals surface area (Å²) in [6.45, 7) is 7.76. The van der Waals surface area contributed by atoms with E-state index in [-0.39, 0.29) is 11.4 Å². The zero-order chi connectivity index (χ0) is 19.3. The van der Waals surface area contributed by atoms with Crippen LogP contribution in [0.1, 0.15) is 19.4 Å². The summed E-state index contributed by atoms with van der Waals surface area (Å²) in [5, 5.41) is 6.68. The highest BCUT2D eigenvalue weighted by Gasteiger charge is 2.22. The number of carbonyl (C=O) groups excluding carboxylic acids is 1. The van der Waals surface area contributed by atoms with Gasteiger partial charge in [-0.25, -0.2) is 4.79 Å². The number of nitrogens with one attached hydrogen (secondary N) is 2. The van der Waals surface area contributed by atoms with E-state index < -0.39 is 0 Å². The molecule has 3 rings (SSSR count). The van der Waals surface area contributed by atoms with Gasteiger partial charge in [0, 0.05) is 30.1 Å². The van der Waals surface area contributed by atoms with Gasteiger partial charge in [0.15, 0.2) is 0 Å². The Hall–Kier alpha value is -2.24. The summed E-state index contributed by atoms with van der Waals surface area (Å²) in [7, 11) is 0. The van der Waals surface area contributed by atoms with Crippen LogP contribution in [-0.4, -0.2) is 38.9 Å². The molecule has 27 heavy (non-hydrogen) atoms. The van der Waals surface area contributed by atoms with Gasteiger partial charge in [0.2, 0.25) is 0 Å². The number of urea groups is 1. The summed E-state index contributed by atoms with van der Waals surface area (Å²) >= 11 is 5.97. The van der Waals surface area contributed by atoms with Crippen molar-refractivity contribution in [3.8, 4) is 0 Å². The third kappa shape index (κ3) is 5.15. The molecule has 0 saturated carbocycles. The third-order valence-corrected chi connectivity index (χ3v) is 5.07. The first kappa shape index (κ1) is 19.5. The van der Waals surface area contributed by atoms with Crippen LogP contribution >= 0.6 is 11.6 Å². The quantitative estimate of drug-likeness (QED) is 0.805. The highest BCUT2D eigenvalue weighted by Crippen LogP contribution is 2.27. The van der Waals surface area contributed by atoms with E-state index in [0.29, 0.717) is 24.8 Å². The lowest BCUT2D eigenvalue weighted by molar-refractivity contribution is 0.123. The number of hydrogen-bond acceptors (Lipinski definition) is 3. The Bertz CT molecular complexity index is 771. The number of para-hydroxylation sites is 2. The van der Waals surface area contributed by atoms with E-state index >= 15 is 0 Å². The Balaban J connectivity index is 1.62. The molecule has 1 heterocycles. The predicted octanol–water partition coefficient (Wildman–Crippen LogP) is 4.28. The lowest BCUT2D eigenvalue weighted by Crippen LogP contribution is -2.40.